The summed E-state index contributed by atoms with van der Waals surface area (Å²) in [6, 6.07) is 17.8. The Morgan fingerprint density at radius 1 is 1.00 bits per heavy atom. The van der Waals surface area contributed by atoms with E-state index < -0.39 is 22.0 Å². The van der Waals surface area contributed by atoms with Crippen molar-refractivity contribution < 1.29 is 18.0 Å². The molecule has 0 aliphatic carbocycles. The van der Waals surface area contributed by atoms with Crippen molar-refractivity contribution in [2.75, 3.05) is 5.32 Å². The van der Waals surface area contributed by atoms with Crippen molar-refractivity contribution >= 4 is 38.7 Å². The second-order valence-electron chi connectivity index (χ2n) is 6.42. The average molecular weight is 429 g/mol. The zero-order chi connectivity index (χ0) is 20.9. The van der Waals surface area contributed by atoms with Gasteiger partial charge < -0.3 is 5.32 Å². The molecule has 1 atom stereocenters. The number of hydrogen-bond acceptors (Lipinski definition) is 5. The Bertz CT molecular complexity index is 1090. The number of Topliss-reactive ketones (excluding diaryl/α,β-unsaturated/α-hetero) is 1. The van der Waals surface area contributed by atoms with Gasteiger partial charge in [-0.2, -0.15) is 4.72 Å². The molecule has 150 valence electrons. The van der Waals surface area contributed by atoms with Crippen molar-refractivity contribution in [3.8, 4) is 0 Å². The predicted molar refractivity (Wildman–Crippen MR) is 114 cm³/mol. The number of thiophene rings is 1. The molecule has 0 radical (unpaired) electrons. The van der Waals surface area contributed by atoms with E-state index in [-0.39, 0.29) is 16.4 Å². The fourth-order valence-electron chi connectivity index (χ4n) is 2.74. The van der Waals surface area contributed by atoms with Gasteiger partial charge in [0.15, 0.2) is 5.78 Å². The van der Waals surface area contributed by atoms with Gasteiger partial charge in [0, 0.05) is 11.3 Å². The summed E-state index contributed by atoms with van der Waals surface area (Å²) in [5.41, 5.74) is 1.71. The van der Waals surface area contributed by atoms with Crippen LogP contribution in [0.2, 0.25) is 0 Å². The van der Waals surface area contributed by atoms with Gasteiger partial charge in [-0.1, -0.05) is 48.5 Å². The third kappa shape index (κ3) is 5.60. The lowest BCUT2D eigenvalue weighted by Crippen LogP contribution is -2.45. The highest BCUT2D eigenvalue weighted by Crippen LogP contribution is 2.18. The van der Waals surface area contributed by atoms with Crippen molar-refractivity contribution in [2.24, 2.45) is 0 Å². The van der Waals surface area contributed by atoms with Crippen LogP contribution in [-0.4, -0.2) is 26.2 Å². The van der Waals surface area contributed by atoms with E-state index in [0.717, 1.165) is 16.9 Å². The van der Waals surface area contributed by atoms with Gasteiger partial charge in [-0.05, 0) is 42.5 Å². The minimum atomic E-state index is -3.84. The van der Waals surface area contributed by atoms with E-state index in [2.05, 4.69) is 10.0 Å². The Kier molecular flexibility index (Phi) is 6.58. The predicted octanol–water partition coefficient (Wildman–Crippen LogP) is 3.48. The van der Waals surface area contributed by atoms with Gasteiger partial charge >= 0.3 is 0 Å². The van der Waals surface area contributed by atoms with Gasteiger partial charge in [0.25, 0.3) is 10.0 Å². The van der Waals surface area contributed by atoms with E-state index in [4.69, 9.17) is 0 Å². The maximum Gasteiger partial charge on any atom is 0.250 e. The number of anilines is 1. The van der Waals surface area contributed by atoms with E-state index in [1.165, 1.54) is 13.0 Å². The molecule has 1 aromatic heterocycles. The second kappa shape index (κ2) is 9.13. The summed E-state index contributed by atoms with van der Waals surface area (Å²) >= 11 is 1.08. The summed E-state index contributed by atoms with van der Waals surface area (Å²) in [7, 11) is -3.84. The molecule has 1 amide bonds. The van der Waals surface area contributed by atoms with Crippen LogP contribution < -0.4 is 10.0 Å². The Morgan fingerprint density at radius 3 is 2.41 bits per heavy atom. The standard InChI is InChI=1S/C21H20N2O4S2/c1-15(24)17-9-5-10-18(14-17)22-21(25)19(13-16-7-3-2-4-8-16)23-29(26,27)20-11-6-12-28-20/h2-12,14,19,23H,13H2,1H3,(H,22,25)/t19-/m0/s1. The molecule has 0 bridgehead atoms. The second-order valence-corrected chi connectivity index (χ2v) is 9.31. The third-order valence-corrected chi connectivity index (χ3v) is 7.06. The number of amides is 1. The topological polar surface area (TPSA) is 92.3 Å². The highest BCUT2D eigenvalue weighted by molar-refractivity contribution is 7.91. The molecule has 2 N–H and O–H groups in total. The van der Waals surface area contributed by atoms with Gasteiger partial charge in [-0.25, -0.2) is 8.42 Å². The number of ketones is 1. The molecule has 6 nitrogen and oxygen atoms in total. The largest absolute Gasteiger partial charge is 0.325 e. The molecule has 8 heteroatoms. The Hall–Kier alpha value is -2.81. The minimum absolute atomic E-state index is 0.125. The van der Waals surface area contributed by atoms with E-state index in [1.54, 1.807) is 35.7 Å². The Labute approximate surface area is 173 Å². The van der Waals surface area contributed by atoms with Crippen molar-refractivity contribution in [1.29, 1.82) is 0 Å². The monoisotopic (exact) mass is 428 g/mol. The molecule has 0 spiro atoms. The first-order valence-corrected chi connectivity index (χ1v) is 11.2. The fraction of sp³-hybridized carbons (Fsp3) is 0.143. The lowest BCUT2D eigenvalue weighted by Gasteiger charge is -2.18. The maximum absolute atomic E-state index is 12.9. The van der Waals surface area contributed by atoms with Crippen LogP contribution in [0.5, 0.6) is 0 Å². The number of carbonyl (C=O) groups excluding carboxylic acids is 2. The van der Waals surface area contributed by atoms with Crippen LogP contribution >= 0.6 is 11.3 Å². The van der Waals surface area contributed by atoms with Crippen LogP contribution in [0.1, 0.15) is 22.8 Å². The highest BCUT2D eigenvalue weighted by Gasteiger charge is 2.27. The molecular weight excluding hydrogens is 408 g/mol. The molecule has 3 rings (SSSR count). The van der Waals surface area contributed by atoms with E-state index in [0.29, 0.717) is 11.3 Å². The Morgan fingerprint density at radius 2 is 1.76 bits per heavy atom. The summed E-state index contributed by atoms with van der Waals surface area (Å²) in [6.07, 6.45) is 0.184. The third-order valence-electron chi connectivity index (χ3n) is 4.19. The first kappa shape index (κ1) is 20.9. The number of carbonyl (C=O) groups is 2. The van der Waals surface area contributed by atoms with Crippen LogP contribution in [0, 0.1) is 0 Å². The van der Waals surface area contributed by atoms with Crippen LogP contribution in [0.15, 0.2) is 76.3 Å². The SMILES string of the molecule is CC(=O)c1cccc(NC(=O)[C@H](Cc2ccccc2)NS(=O)(=O)c2cccs2)c1. The molecule has 29 heavy (non-hydrogen) atoms. The molecule has 2 aromatic carbocycles. The lowest BCUT2D eigenvalue weighted by molar-refractivity contribution is -0.117. The van der Waals surface area contributed by atoms with Crippen LogP contribution in [0.4, 0.5) is 5.69 Å². The molecule has 0 saturated heterocycles. The van der Waals surface area contributed by atoms with Gasteiger partial charge in [-0.3, -0.25) is 9.59 Å². The molecule has 0 saturated carbocycles. The van der Waals surface area contributed by atoms with Crippen molar-refractivity contribution in [3.05, 3.63) is 83.2 Å². The zero-order valence-corrected chi connectivity index (χ0v) is 17.3. The first-order chi connectivity index (χ1) is 13.8. The minimum Gasteiger partial charge on any atom is -0.325 e. The molecule has 3 aromatic rings. The van der Waals surface area contributed by atoms with Gasteiger partial charge in [0.2, 0.25) is 5.91 Å². The molecule has 1 heterocycles. The lowest BCUT2D eigenvalue weighted by atomic mass is 10.1. The molecule has 0 unspecified atom stereocenters. The van der Waals surface area contributed by atoms with Crippen molar-refractivity contribution in [1.82, 2.24) is 4.72 Å². The summed E-state index contributed by atoms with van der Waals surface area (Å²) in [4.78, 5) is 24.5. The van der Waals surface area contributed by atoms with E-state index in [1.807, 2.05) is 30.3 Å². The zero-order valence-electron chi connectivity index (χ0n) is 15.7. The molecule has 0 fully saturated rings. The number of hydrogen-bond donors (Lipinski definition) is 2. The quantitative estimate of drug-likeness (QED) is 0.537. The smallest absolute Gasteiger partial charge is 0.250 e. The number of sulfonamides is 1. The molecular formula is C21H20N2O4S2. The van der Waals surface area contributed by atoms with E-state index in [9.17, 15) is 18.0 Å². The highest BCUT2D eigenvalue weighted by atomic mass is 32.2. The normalized spacial score (nSPS) is 12.3. The Balaban J connectivity index is 1.84. The van der Waals surface area contributed by atoms with Crippen molar-refractivity contribution in [2.45, 2.75) is 23.6 Å². The maximum atomic E-state index is 12.9. The molecule has 0 aliphatic rings. The first-order valence-electron chi connectivity index (χ1n) is 8.87. The van der Waals surface area contributed by atoms with Crippen molar-refractivity contribution in [3.63, 3.8) is 0 Å². The number of benzene rings is 2. The fourth-order valence-corrected chi connectivity index (χ4v) is 4.95. The van der Waals surface area contributed by atoms with Gasteiger partial charge in [0.05, 0.1) is 0 Å². The summed E-state index contributed by atoms with van der Waals surface area (Å²) in [6.45, 7) is 1.44. The average Bonchev–Trinajstić information content (AvgIpc) is 3.24. The molecule has 0 aliphatic heterocycles. The number of rotatable bonds is 8. The van der Waals surface area contributed by atoms with Crippen LogP contribution in [0.3, 0.4) is 0 Å². The van der Waals surface area contributed by atoms with Gasteiger partial charge in [-0.15, -0.1) is 11.3 Å². The van der Waals surface area contributed by atoms with Crippen LogP contribution in [0.25, 0.3) is 0 Å². The van der Waals surface area contributed by atoms with E-state index >= 15 is 0 Å². The summed E-state index contributed by atoms with van der Waals surface area (Å²) in [5.74, 6) is -0.630. The van der Waals surface area contributed by atoms with Gasteiger partial charge in [0.1, 0.15) is 10.3 Å². The number of nitrogens with one attached hydrogen (secondary N) is 2. The summed E-state index contributed by atoms with van der Waals surface area (Å²) < 4.78 is 28.0. The van der Waals surface area contributed by atoms with Crippen LogP contribution in [-0.2, 0) is 21.2 Å². The summed E-state index contributed by atoms with van der Waals surface area (Å²) in [5, 5.41) is 4.37.